The van der Waals surface area contributed by atoms with Gasteiger partial charge in [0.25, 0.3) is 0 Å². The van der Waals surface area contributed by atoms with Gasteiger partial charge < -0.3 is 5.11 Å². The third kappa shape index (κ3) is 2.85. The first kappa shape index (κ1) is 9.70. The van der Waals surface area contributed by atoms with E-state index in [0.29, 0.717) is 11.3 Å². The van der Waals surface area contributed by atoms with Gasteiger partial charge in [-0.25, -0.2) is 20.0 Å². The molecule has 0 aliphatic carbocycles. The van der Waals surface area contributed by atoms with E-state index < -0.39 is 12.1 Å². The van der Waals surface area contributed by atoms with Gasteiger partial charge in [0.15, 0.2) is 0 Å². The SMILES string of the molecule is CCCN(C(=O)O)C(=O)NO. The summed E-state index contributed by atoms with van der Waals surface area (Å²) in [5.74, 6) is 0. The lowest BCUT2D eigenvalue weighted by atomic mass is 10.4. The lowest BCUT2D eigenvalue weighted by molar-refractivity contribution is 0.115. The Labute approximate surface area is 63.4 Å². The Morgan fingerprint density at radius 1 is 1.55 bits per heavy atom. The lowest BCUT2D eigenvalue weighted by Crippen LogP contribution is -2.42. The second-order valence-corrected chi connectivity index (χ2v) is 1.85. The highest BCUT2D eigenvalue weighted by Gasteiger charge is 2.17. The Morgan fingerprint density at radius 3 is 2.36 bits per heavy atom. The van der Waals surface area contributed by atoms with Gasteiger partial charge in [-0.2, -0.15) is 0 Å². The molecule has 0 fully saturated rings. The van der Waals surface area contributed by atoms with Crippen LogP contribution in [0.5, 0.6) is 0 Å². The average molecular weight is 162 g/mol. The molecule has 64 valence electrons. The number of hydrogen-bond acceptors (Lipinski definition) is 3. The first-order chi connectivity index (χ1) is 5.13. The number of nitrogens with one attached hydrogen (secondary N) is 1. The summed E-state index contributed by atoms with van der Waals surface area (Å²) in [5.41, 5.74) is 1.24. The van der Waals surface area contributed by atoms with Crippen LogP contribution in [-0.4, -0.2) is 33.9 Å². The summed E-state index contributed by atoms with van der Waals surface area (Å²) >= 11 is 0. The predicted octanol–water partition coefficient (Wildman–Crippen LogP) is 0.475. The molecule has 6 nitrogen and oxygen atoms in total. The maximum absolute atomic E-state index is 10.5. The van der Waals surface area contributed by atoms with E-state index in [1.54, 1.807) is 6.92 Å². The average Bonchev–Trinajstić information content (AvgIpc) is 1.98. The fraction of sp³-hybridized carbons (Fsp3) is 0.600. The molecule has 0 saturated carbocycles. The van der Waals surface area contributed by atoms with E-state index in [0.717, 1.165) is 0 Å². The summed E-state index contributed by atoms with van der Waals surface area (Å²) in [6.07, 6.45) is -0.863. The first-order valence-corrected chi connectivity index (χ1v) is 3.08. The number of urea groups is 1. The molecule has 0 aromatic carbocycles. The molecule has 0 radical (unpaired) electrons. The van der Waals surface area contributed by atoms with Crippen molar-refractivity contribution in [2.45, 2.75) is 13.3 Å². The molecule has 0 heterocycles. The largest absolute Gasteiger partial charge is 0.465 e. The molecule has 0 atom stereocenters. The molecule has 3 amide bonds. The van der Waals surface area contributed by atoms with Crippen LogP contribution in [0.1, 0.15) is 13.3 Å². The van der Waals surface area contributed by atoms with Crippen molar-refractivity contribution < 1.29 is 19.9 Å². The molecule has 0 bridgehead atoms. The summed E-state index contributed by atoms with van der Waals surface area (Å²) < 4.78 is 0. The number of carbonyl (C=O) groups is 2. The van der Waals surface area contributed by atoms with Crippen LogP contribution in [0.4, 0.5) is 9.59 Å². The molecule has 11 heavy (non-hydrogen) atoms. The zero-order valence-corrected chi connectivity index (χ0v) is 6.07. The molecule has 3 N–H and O–H groups in total. The van der Waals surface area contributed by atoms with Crippen LogP contribution in [0, 0.1) is 0 Å². The van der Waals surface area contributed by atoms with E-state index in [1.807, 2.05) is 0 Å². The van der Waals surface area contributed by atoms with Gasteiger partial charge in [0.1, 0.15) is 0 Å². The van der Waals surface area contributed by atoms with E-state index in [9.17, 15) is 9.59 Å². The Balaban J connectivity index is 4.09. The van der Waals surface area contributed by atoms with E-state index in [2.05, 4.69) is 0 Å². The lowest BCUT2D eigenvalue weighted by Gasteiger charge is -2.13. The van der Waals surface area contributed by atoms with Crippen LogP contribution in [0.2, 0.25) is 0 Å². The normalized spacial score (nSPS) is 8.91. The van der Waals surface area contributed by atoms with Gasteiger partial charge in [-0.3, -0.25) is 5.21 Å². The van der Waals surface area contributed by atoms with Crippen molar-refractivity contribution in [2.24, 2.45) is 0 Å². The van der Waals surface area contributed by atoms with Crippen LogP contribution in [0.25, 0.3) is 0 Å². The van der Waals surface area contributed by atoms with Crippen molar-refractivity contribution in [2.75, 3.05) is 6.54 Å². The Hall–Kier alpha value is -1.30. The molecule has 0 spiro atoms. The molecule has 0 saturated heterocycles. The summed E-state index contributed by atoms with van der Waals surface area (Å²) in [6.45, 7) is 1.79. The maximum Gasteiger partial charge on any atom is 0.415 e. The molecule has 0 unspecified atom stereocenters. The molecule has 0 aliphatic heterocycles. The monoisotopic (exact) mass is 162 g/mol. The second-order valence-electron chi connectivity index (χ2n) is 1.85. The minimum Gasteiger partial charge on any atom is -0.465 e. The van der Waals surface area contributed by atoms with E-state index in [-0.39, 0.29) is 6.54 Å². The van der Waals surface area contributed by atoms with Gasteiger partial charge in [-0.05, 0) is 6.42 Å². The summed E-state index contributed by atoms with van der Waals surface area (Å²) in [6, 6.07) is -1.03. The summed E-state index contributed by atoms with van der Waals surface area (Å²) in [5, 5.41) is 16.4. The molecule has 0 aromatic heterocycles. The third-order valence-electron chi connectivity index (χ3n) is 1.02. The van der Waals surface area contributed by atoms with Crippen LogP contribution in [-0.2, 0) is 0 Å². The zero-order valence-electron chi connectivity index (χ0n) is 6.07. The Bertz CT molecular complexity index is 159. The molecule has 0 aromatic rings. The van der Waals surface area contributed by atoms with Crippen molar-refractivity contribution in [3.05, 3.63) is 0 Å². The van der Waals surface area contributed by atoms with Gasteiger partial charge in [0.05, 0.1) is 0 Å². The summed E-state index contributed by atoms with van der Waals surface area (Å²) in [7, 11) is 0. The molecule has 0 aliphatic rings. The van der Waals surface area contributed by atoms with Gasteiger partial charge in [-0.1, -0.05) is 6.92 Å². The van der Waals surface area contributed by atoms with Gasteiger partial charge >= 0.3 is 12.1 Å². The third-order valence-corrected chi connectivity index (χ3v) is 1.02. The standard InChI is InChI=1S/C5H10N2O4/c1-2-3-7(5(9)10)4(8)6-11/h11H,2-3H2,1H3,(H,6,8)(H,9,10). The highest BCUT2D eigenvalue weighted by molar-refractivity contribution is 5.89. The van der Waals surface area contributed by atoms with Crippen molar-refractivity contribution in [3.8, 4) is 0 Å². The highest BCUT2D eigenvalue weighted by Crippen LogP contribution is 1.92. The van der Waals surface area contributed by atoms with Crippen LogP contribution in [0.3, 0.4) is 0 Å². The quantitative estimate of drug-likeness (QED) is 0.406. The van der Waals surface area contributed by atoms with Crippen molar-refractivity contribution in [3.63, 3.8) is 0 Å². The van der Waals surface area contributed by atoms with E-state index >= 15 is 0 Å². The van der Waals surface area contributed by atoms with E-state index in [4.69, 9.17) is 10.3 Å². The van der Waals surface area contributed by atoms with Crippen molar-refractivity contribution in [1.29, 1.82) is 0 Å². The fourth-order valence-electron chi connectivity index (χ4n) is 0.568. The van der Waals surface area contributed by atoms with Crippen molar-refractivity contribution >= 4 is 12.1 Å². The molecule has 0 rings (SSSR count). The Kier molecular flexibility index (Phi) is 3.97. The number of nitrogens with zero attached hydrogens (tertiary/aromatic N) is 1. The number of carboxylic acid groups (broad SMARTS) is 1. The number of rotatable bonds is 2. The minimum absolute atomic E-state index is 0.0712. The summed E-state index contributed by atoms with van der Waals surface area (Å²) in [4.78, 5) is 21.3. The van der Waals surface area contributed by atoms with Crippen LogP contribution < -0.4 is 5.48 Å². The predicted molar refractivity (Wildman–Crippen MR) is 35.3 cm³/mol. The number of hydrogen-bond donors (Lipinski definition) is 3. The van der Waals surface area contributed by atoms with Crippen LogP contribution in [0.15, 0.2) is 0 Å². The first-order valence-electron chi connectivity index (χ1n) is 3.08. The fourth-order valence-corrected chi connectivity index (χ4v) is 0.568. The molecule has 6 heteroatoms. The molecular weight excluding hydrogens is 152 g/mol. The second kappa shape index (κ2) is 4.51. The zero-order chi connectivity index (χ0) is 8.85. The van der Waals surface area contributed by atoms with E-state index in [1.165, 1.54) is 5.48 Å². The number of hydroxylamine groups is 1. The van der Waals surface area contributed by atoms with Crippen molar-refractivity contribution in [1.82, 2.24) is 10.4 Å². The smallest absolute Gasteiger partial charge is 0.415 e. The number of imide groups is 1. The van der Waals surface area contributed by atoms with Gasteiger partial charge in [-0.15, -0.1) is 0 Å². The maximum atomic E-state index is 10.5. The number of carbonyl (C=O) groups excluding carboxylic acids is 1. The van der Waals surface area contributed by atoms with Gasteiger partial charge in [0.2, 0.25) is 0 Å². The van der Waals surface area contributed by atoms with Crippen LogP contribution >= 0.6 is 0 Å². The molecular formula is C5H10N2O4. The van der Waals surface area contributed by atoms with Gasteiger partial charge in [0, 0.05) is 6.54 Å². The topological polar surface area (TPSA) is 89.9 Å². The highest BCUT2D eigenvalue weighted by atomic mass is 16.5. The Morgan fingerprint density at radius 2 is 2.09 bits per heavy atom. The minimum atomic E-state index is -1.38. The number of amides is 3.